The van der Waals surface area contributed by atoms with E-state index in [-0.39, 0.29) is 0 Å². The molecule has 13 aromatic rings. The Labute approximate surface area is 388 Å². The highest BCUT2D eigenvalue weighted by Crippen LogP contribution is 2.40. The minimum absolute atomic E-state index is 0.849. The molecular formula is C64H41N3. The fourth-order valence-electron chi connectivity index (χ4n) is 10.1. The van der Waals surface area contributed by atoms with Crippen LogP contribution in [-0.4, -0.2) is 14.5 Å². The van der Waals surface area contributed by atoms with Gasteiger partial charge < -0.3 is 4.57 Å². The normalized spacial score (nSPS) is 11.6. The van der Waals surface area contributed by atoms with Crippen LogP contribution in [0.25, 0.3) is 127 Å². The molecule has 0 radical (unpaired) electrons. The van der Waals surface area contributed by atoms with Gasteiger partial charge in [0.05, 0.1) is 34.0 Å². The van der Waals surface area contributed by atoms with Crippen molar-refractivity contribution >= 4 is 54.4 Å². The van der Waals surface area contributed by atoms with Gasteiger partial charge in [0.1, 0.15) is 0 Å². The van der Waals surface area contributed by atoms with Crippen LogP contribution < -0.4 is 0 Å². The lowest BCUT2D eigenvalue weighted by atomic mass is 9.93. The Bertz CT molecular complexity index is 3990. The number of aromatic nitrogens is 3. The molecule has 13 rings (SSSR count). The predicted molar refractivity (Wildman–Crippen MR) is 282 cm³/mol. The Kier molecular flexibility index (Phi) is 9.17. The van der Waals surface area contributed by atoms with E-state index < -0.39 is 0 Å². The molecule has 3 heteroatoms. The molecule has 2 aromatic heterocycles. The largest absolute Gasteiger partial charge is 0.309 e. The van der Waals surface area contributed by atoms with Gasteiger partial charge in [-0.2, -0.15) is 0 Å². The number of benzene rings is 11. The van der Waals surface area contributed by atoms with Gasteiger partial charge in [0.2, 0.25) is 0 Å². The van der Waals surface area contributed by atoms with E-state index in [1.54, 1.807) is 0 Å². The molecule has 0 unspecified atom stereocenters. The maximum atomic E-state index is 5.37. The van der Waals surface area contributed by atoms with Gasteiger partial charge in [0, 0.05) is 32.8 Å². The summed E-state index contributed by atoms with van der Waals surface area (Å²) >= 11 is 0. The molecular weight excluding hydrogens is 811 g/mol. The van der Waals surface area contributed by atoms with E-state index in [4.69, 9.17) is 9.97 Å². The Morgan fingerprint density at radius 2 is 0.672 bits per heavy atom. The smallest absolute Gasteiger partial charge is 0.0979 e. The van der Waals surface area contributed by atoms with Gasteiger partial charge in [-0.05, 0) is 109 Å². The van der Waals surface area contributed by atoms with Crippen LogP contribution in [0.15, 0.2) is 249 Å². The van der Waals surface area contributed by atoms with Crippen molar-refractivity contribution in [3.63, 3.8) is 0 Å². The molecule has 0 amide bonds. The van der Waals surface area contributed by atoms with Gasteiger partial charge in [-0.3, -0.25) is 4.98 Å². The number of para-hydroxylation sites is 2. The zero-order chi connectivity index (χ0) is 44.3. The van der Waals surface area contributed by atoms with E-state index in [0.717, 1.165) is 44.3 Å². The Hall–Kier alpha value is -8.92. The van der Waals surface area contributed by atoms with Crippen molar-refractivity contribution in [1.29, 1.82) is 0 Å². The molecule has 3 nitrogen and oxygen atoms in total. The number of hydrogen-bond donors (Lipinski definition) is 0. The fourth-order valence-corrected chi connectivity index (χ4v) is 10.1. The lowest BCUT2D eigenvalue weighted by Gasteiger charge is -2.14. The zero-order valence-corrected chi connectivity index (χ0v) is 36.5. The molecule has 0 aliphatic heterocycles. The Morgan fingerprint density at radius 1 is 0.254 bits per heavy atom. The molecule has 2 heterocycles. The highest BCUT2D eigenvalue weighted by molar-refractivity contribution is 6.24. The van der Waals surface area contributed by atoms with Gasteiger partial charge in [0.25, 0.3) is 0 Å². The first kappa shape index (κ1) is 38.5. The van der Waals surface area contributed by atoms with Crippen molar-refractivity contribution in [2.24, 2.45) is 0 Å². The second-order valence-electron chi connectivity index (χ2n) is 17.4. The highest BCUT2D eigenvalue weighted by atomic mass is 15.0. The van der Waals surface area contributed by atoms with Crippen LogP contribution in [0.2, 0.25) is 0 Å². The van der Waals surface area contributed by atoms with Crippen molar-refractivity contribution < 1.29 is 0 Å². The average Bonchev–Trinajstić information content (AvgIpc) is 3.75. The molecule has 11 aromatic carbocycles. The van der Waals surface area contributed by atoms with Crippen LogP contribution >= 0.6 is 0 Å². The summed E-state index contributed by atoms with van der Waals surface area (Å²) in [4.78, 5) is 10.5. The monoisotopic (exact) mass is 851 g/mol. The first-order valence-electron chi connectivity index (χ1n) is 22.9. The van der Waals surface area contributed by atoms with Crippen LogP contribution in [0.3, 0.4) is 0 Å². The maximum Gasteiger partial charge on any atom is 0.0979 e. The zero-order valence-electron chi connectivity index (χ0n) is 36.5. The number of nitrogens with zero attached hydrogens (tertiary/aromatic N) is 3. The van der Waals surface area contributed by atoms with Crippen LogP contribution in [0.1, 0.15) is 0 Å². The van der Waals surface area contributed by atoms with Gasteiger partial charge in [-0.25, -0.2) is 4.98 Å². The Balaban J connectivity index is 0.818. The van der Waals surface area contributed by atoms with E-state index in [1.165, 1.54) is 82.6 Å². The second kappa shape index (κ2) is 16.0. The summed E-state index contributed by atoms with van der Waals surface area (Å²) in [6.07, 6.45) is 1.93. The highest BCUT2D eigenvalue weighted by Gasteiger charge is 2.16. The molecule has 67 heavy (non-hydrogen) atoms. The molecule has 0 fully saturated rings. The van der Waals surface area contributed by atoms with Gasteiger partial charge in [-0.15, -0.1) is 0 Å². The van der Waals surface area contributed by atoms with Crippen LogP contribution in [0.4, 0.5) is 0 Å². The second-order valence-corrected chi connectivity index (χ2v) is 17.4. The molecule has 0 spiro atoms. The average molecular weight is 852 g/mol. The van der Waals surface area contributed by atoms with Crippen LogP contribution in [0.5, 0.6) is 0 Å². The molecule has 0 saturated carbocycles. The summed E-state index contributed by atoms with van der Waals surface area (Å²) in [5.74, 6) is 0. The molecule has 0 aliphatic carbocycles. The summed E-state index contributed by atoms with van der Waals surface area (Å²) in [5, 5.41) is 7.05. The number of hydrogen-bond acceptors (Lipinski definition) is 2. The van der Waals surface area contributed by atoms with Gasteiger partial charge in [-0.1, -0.05) is 200 Å². The summed E-state index contributed by atoms with van der Waals surface area (Å²) in [7, 11) is 0. The number of rotatable bonds is 7. The fraction of sp³-hybridized carbons (Fsp3) is 0. The van der Waals surface area contributed by atoms with Crippen molar-refractivity contribution in [3.8, 4) is 72.6 Å². The van der Waals surface area contributed by atoms with E-state index in [0.29, 0.717) is 0 Å². The standard InChI is InChI=1S/C64H41N3/c1-4-13-42(14-5-1)50-32-35-56-58(38-50)59-39-51(43-15-6-2-7-16-43)33-36-57(59)64-63(56)65-41-60(66-64)47-29-27-45(28-30-47)49-18-12-17-48(37-49)44-23-25-46(26-24-44)52-31-34-55-54-21-10-11-22-61(54)67(62(55)40-52)53-19-8-3-9-20-53/h1-41H. The summed E-state index contributed by atoms with van der Waals surface area (Å²) in [6.45, 7) is 0. The lowest BCUT2D eigenvalue weighted by molar-refractivity contribution is 1.18. The lowest BCUT2D eigenvalue weighted by Crippen LogP contribution is -1.93. The third kappa shape index (κ3) is 6.76. The van der Waals surface area contributed by atoms with Gasteiger partial charge in [0.15, 0.2) is 0 Å². The SMILES string of the molecule is c1ccc(-c2ccc3c(c2)c2cc(-c4ccccc4)ccc2c2nc(-c4ccc(-c5cccc(-c6ccc(-c7ccc8c9ccccc9n(-c9ccccc9)c8c7)cc6)c5)cc4)cnc32)cc1. The summed E-state index contributed by atoms with van der Waals surface area (Å²) in [5.41, 5.74) is 19.1. The van der Waals surface area contributed by atoms with Crippen molar-refractivity contribution in [3.05, 3.63) is 249 Å². The molecule has 0 saturated heterocycles. The predicted octanol–water partition coefficient (Wildman–Crippen LogP) is 17.0. The molecule has 0 atom stereocenters. The first-order valence-corrected chi connectivity index (χ1v) is 22.9. The molecule has 0 N–H and O–H groups in total. The minimum Gasteiger partial charge on any atom is -0.309 e. The van der Waals surface area contributed by atoms with Crippen molar-refractivity contribution in [1.82, 2.24) is 14.5 Å². The number of fused-ring (bicyclic) bond motifs is 9. The van der Waals surface area contributed by atoms with Crippen LogP contribution in [0, 0.1) is 0 Å². The third-order valence-electron chi connectivity index (χ3n) is 13.4. The van der Waals surface area contributed by atoms with Gasteiger partial charge >= 0.3 is 0 Å². The van der Waals surface area contributed by atoms with Crippen molar-refractivity contribution in [2.75, 3.05) is 0 Å². The third-order valence-corrected chi connectivity index (χ3v) is 13.4. The molecule has 0 aliphatic rings. The van der Waals surface area contributed by atoms with Crippen LogP contribution in [-0.2, 0) is 0 Å². The first-order chi connectivity index (χ1) is 33.2. The van der Waals surface area contributed by atoms with E-state index in [9.17, 15) is 0 Å². The minimum atomic E-state index is 0.849. The van der Waals surface area contributed by atoms with E-state index in [2.05, 4.69) is 247 Å². The molecule has 312 valence electrons. The molecule has 0 bridgehead atoms. The van der Waals surface area contributed by atoms with E-state index >= 15 is 0 Å². The topological polar surface area (TPSA) is 30.7 Å². The Morgan fingerprint density at radius 3 is 1.27 bits per heavy atom. The van der Waals surface area contributed by atoms with Crippen molar-refractivity contribution in [2.45, 2.75) is 0 Å². The summed E-state index contributed by atoms with van der Waals surface area (Å²) in [6, 6.07) is 87.4. The maximum absolute atomic E-state index is 5.37. The quantitative estimate of drug-likeness (QED) is 0.150. The van der Waals surface area contributed by atoms with E-state index in [1.807, 2.05) is 6.20 Å². The summed E-state index contributed by atoms with van der Waals surface area (Å²) < 4.78 is 2.38.